The molecule has 1 aliphatic rings. The molecule has 0 atom stereocenters. The fourth-order valence-electron chi connectivity index (χ4n) is 2.88. The Bertz CT molecular complexity index is 852. The highest BCUT2D eigenvalue weighted by atomic mass is 35.5. The summed E-state index contributed by atoms with van der Waals surface area (Å²) in [5, 5.41) is -0.0596. The molecule has 8 heteroatoms. The molecule has 1 heterocycles. The summed E-state index contributed by atoms with van der Waals surface area (Å²) in [5.74, 6) is 0.199. The summed E-state index contributed by atoms with van der Waals surface area (Å²) in [6.45, 7) is 1.56. The molecular weight excluding hydrogens is 387 g/mol. The minimum atomic E-state index is -0.544. The van der Waals surface area contributed by atoms with Crippen LogP contribution in [-0.2, 0) is 4.79 Å². The fourth-order valence-corrected chi connectivity index (χ4v) is 3.05. The third-order valence-corrected chi connectivity index (χ3v) is 4.80. The topological polar surface area (TPSA) is 59.1 Å². The maximum Gasteiger partial charge on any atom is 0.260 e. The second kappa shape index (κ2) is 8.93. The molecule has 0 radical (unpaired) electrons. The van der Waals surface area contributed by atoms with Gasteiger partial charge in [0.2, 0.25) is 0 Å². The SMILES string of the molecule is COc1ccc(C(=O)N2CCN(C(=O)COc3ccc(F)c(Cl)c3)CC2)cc1. The maximum atomic E-state index is 13.1. The molecule has 0 bridgehead atoms. The van der Waals surface area contributed by atoms with Crippen molar-refractivity contribution in [2.24, 2.45) is 0 Å². The number of rotatable bonds is 5. The molecule has 1 aliphatic heterocycles. The number of piperazine rings is 1. The van der Waals surface area contributed by atoms with Crippen molar-refractivity contribution < 1.29 is 23.5 Å². The van der Waals surface area contributed by atoms with E-state index in [0.29, 0.717) is 43.2 Å². The maximum absolute atomic E-state index is 13.1. The van der Waals surface area contributed by atoms with Crippen LogP contribution in [0.3, 0.4) is 0 Å². The predicted molar refractivity (Wildman–Crippen MR) is 102 cm³/mol. The highest BCUT2D eigenvalue weighted by Gasteiger charge is 2.25. The highest BCUT2D eigenvalue weighted by Crippen LogP contribution is 2.21. The van der Waals surface area contributed by atoms with Gasteiger partial charge in [0.1, 0.15) is 17.3 Å². The molecule has 6 nitrogen and oxygen atoms in total. The molecule has 1 fully saturated rings. The molecule has 0 saturated carbocycles. The van der Waals surface area contributed by atoms with Crippen LogP contribution in [-0.4, -0.2) is 61.5 Å². The van der Waals surface area contributed by atoms with E-state index < -0.39 is 5.82 Å². The zero-order valence-electron chi connectivity index (χ0n) is 15.4. The van der Waals surface area contributed by atoms with Gasteiger partial charge in [-0.25, -0.2) is 4.39 Å². The van der Waals surface area contributed by atoms with Crippen LogP contribution in [0.1, 0.15) is 10.4 Å². The molecular formula is C20H20ClFN2O4. The number of amides is 2. The van der Waals surface area contributed by atoms with E-state index in [1.54, 1.807) is 41.2 Å². The first-order chi connectivity index (χ1) is 13.5. The molecule has 0 aromatic heterocycles. The van der Waals surface area contributed by atoms with Crippen LogP contribution < -0.4 is 9.47 Å². The van der Waals surface area contributed by atoms with Crippen LogP contribution in [0.5, 0.6) is 11.5 Å². The smallest absolute Gasteiger partial charge is 0.260 e. The summed E-state index contributed by atoms with van der Waals surface area (Å²) >= 11 is 5.70. The first-order valence-corrected chi connectivity index (χ1v) is 9.14. The van der Waals surface area contributed by atoms with Crippen molar-refractivity contribution in [3.05, 3.63) is 58.9 Å². The molecule has 0 N–H and O–H groups in total. The van der Waals surface area contributed by atoms with Crippen LogP contribution in [0.2, 0.25) is 5.02 Å². The van der Waals surface area contributed by atoms with Crippen LogP contribution in [0.4, 0.5) is 4.39 Å². The van der Waals surface area contributed by atoms with Crippen LogP contribution >= 0.6 is 11.6 Å². The molecule has 2 amide bonds. The van der Waals surface area contributed by atoms with Crippen molar-refractivity contribution in [1.82, 2.24) is 9.80 Å². The third-order valence-electron chi connectivity index (χ3n) is 4.51. The van der Waals surface area contributed by atoms with E-state index in [9.17, 15) is 14.0 Å². The van der Waals surface area contributed by atoms with Gasteiger partial charge in [0.25, 0.3) is 11.8 Å². The van der Waals surface area contributed by atoms with Gasteiger partial charge < -0.3 is 19.3 Å². The molecule has 28 heavy (non-hydrogen) atoms. The molecule has 148 valence electrons. The highest BCUT2D eigenvalue weighted by molar-refractivity contribution is 6.30. The predicted octanol–water partition coefficient (Wildman–Crippen LogP) is 2.85. The standard InChI is InChI=1S/C20H20ClFN2O4/c1-27-15-4-2-14(3-5-15)20(26)24-10-8-23(9-11-24)19(25)13-28-16-6-7-18(22)17(21)12-16/h2-7,12H,8-11,13H2,1H3. The quantitative estimate of drug-likeness (QED) is 0.766. The van der Waals surface area contributed by atoms with Gasteiger partial charge in [-0.3, -0.25) is 9.59 Å². The second-order valence-corrected chi connectivity index (χ2v) is 6.67. The Hall–Kier alpha value is -2.80. The Morgan fingerprint density at radius 3 is 2.21 bits per heavy atom. The van der Waals surface area contributed by atoms with E-state index in [1.165, 1.54) is 18.2 Å². The summed E-state index contributed by atoms with van der Waals surface area (Å²) < 4.78 is 23.6. The van der Waals surface area contributed by atoms with Gasteiger partial charge in [0.15, 0.2) is 6.61 Å². The molecule has 3 rings (SSSR count). The van der Waals surface area contributed by atoms with Gasteiger partial charge >= 0.3 is 0 Å². The summed E-state index contributed by atoms with van der Waals surface area (Å²) in [7, 11) is 1.57. The monoisotopic (exact) mass is 406 g/mol. The van der Waals surface area contributed by atoms with Gasteiger partial charge in [-0.15, -0.1) is 0 Å². The van der Waals surface area contributed by atoms with Gasteiger partial charge in [0.05, 0.1) is 12.1 Å². The second-order valence-electron chi connectivity index (χ2n) is 6.27. The number of ether oxygens (including phenoxy) is 2. The Kier molecular flexibility index (Phi) is 6.36. The summed E-state index contributed by atoms with van der Waals surface area (Å²) in [6.07, 6.45) is 0. The van der Waals surface area contributed by atoms with Crippen molar-refractivity contribution in [2.45, 2.75) is 0 Å². The van der Waals surface area contributed by atoms with Crippen molar-refractivity contribution in [3.63, 3.8) is 0 Å². The fraction of sp³-hybridized carbons (Fsp3) is 0.300. The van der Waals surface area contributed by atoms with Crippen molar-refractivity contribution in [3.8, 4) is 11.5 Å². The number of carbonyl (C=O) groups is 2. The molecule has 0 aliphatic carbocycles. The zero-order chi connectivity index (χ0) is 20.1. The zero-order valence-corrected chi connectivity index (χ0v) is 16.1. The van der Waals surface area contributed by atoms with E-state index in [-0.39, 0.29) is 23.4 Å². The van der Waals surface area contributed by atoms with E-state index in [1.807, 2.05) is 0 Å². The normalized spacial score (nSPS) is 14.0. The number of nitrogens with zero attached hydrogens (tertiary/aromatic N) is 2. The van der Waals surface area contributed by atoms with Gasteiger partial charge in [-0.05, 0) is 36.4 Å². The Balaban J connectivity index is 1.49. The Morgan fingerprint density at radius 1 is 1.00 bits per heavy atom. The first kappa shape index (κ1) is 19.9. The third kappa shape index (κ3) is 4.72. The van der Waals surface area contributed by atoms with Crippen molar-refractivity contribution >= 4 is 23.4 Å². The minimum Gasteiger partial charge on any atom is -0.497 e. The minimum absolute atomic E-state index is 0.0596. The van der Waals surface area contributed by atoms with Crippen molar-refractivity contribution in [2.75, 3.05) is 39.9 Å². The molecule has 2 aromatic carbocycles. The molecule has 0 unspecified atom stereocenters. The first-order valence-electron chi connectivity index (χ1n) is 8.77. The average molecular weight is 407 g/mol. The Morgan fingerprint density at radius 2 is 1.61 bits per heavy atom. The van der Waals surface area contributed by atoms with Crippen LogP contribution in [0.15, 0.2) is 42.5 Å². The van der Waals surface area contributed by atoms with Crippen LogP contribution in [0, 0.1) is 5.82 Å². The average Bonchev–Trinajstić information content (AvgIpc) is 2.74. The lowest BCUT2D eigenvalue weighted by atomic mass is 10.1. The van der Waals surface area contributed by atoms with Gasteiger partial charge in [-0.1, -0.05) is 11.6 Å². The number of halogens is 2. The van der Waals surface area contributed by atoms with E-state index in [4.69, 9.17) is 21.1 Å². The lowest BCUT2D eigenvalue weighted by molar-refractivity contribution is -0.134. The van der Waals surface area contributed by atoms with Crippen LogP contribution in [0.25, 0.3) is 0 Å². The molecule has 1 saturated heterocycles. The number of methoxy groups -OCH3 is 1. The number of carbonyl (C=O) groups excluding carboxylic acids is 2. The Labute approximate surface area is 167 Å². The molecule has 0 spiro atoms. The van der Waals surface area contributed by atoms with E-state index >= 15 is 0 Å². The van der Waals surface area contributed by atoms with Crippen molar-refractivity contribution in [1.29, 1.82) is 0 Å². The van der Waals surface area contributed by atoms with E-state index in [0.717, 1.165) is 0 Å². The van der Waals surface area contributed by atoms with Gasteiger partial charge in [0, 0.05) is 37.8 Å². The summed E-state index contributed by atoms with van der Waals surface area (Å²) in [4.78, 5) is 28.2. The van der Waals surface area contributed by atoms with E-state index in [2.05, 4.69) is 0 Å². The lowest BCUT2D eigenvalue weighted by Crippen LogP contribution is -2.51. The molecule has 2 aromatic rings. The van der Waals surface area contributed by atoms with Gasteiger partial charge in [-0.2, -0.15) is 0 Å². The number of hydrogen-bond acceptors (Lipinski definition) is 4. The summed E-state index contributed by atoms with van der Waals surface area (Å²) in [6, 6.07) is 10.9. The lowest BCUT2D eigenvalue weighted by Gasteiger charge is -2.34. The summed E-state index contributed by atoms with van der Waals surface area (Å²) in [5.41, 5.74) is 0.581. The largest absolute Gasteiger partial charge is 0.497 e. The number of benzene rings is 2. The number of hydrogen-bond donors (Lipinski definition) is 0.